The fourth-order valence-corrected chi connectivity index (χ4v) is 3.56. The first-order valence-corrected chi connectivity index (χ1v) is 9.81. The molecule has 2 aromatic carbocycles. The molecule has 0 spiro atoms. The molecule has 0 saturated carbocycles. The molecule has 1 atom stereocenters. The van der Waals surface area contributed by atoms with E-state index in [1.54, 1.807) is 18.9 Å². The highest BCUT2D eigenvalue weighted by Crippen LogP contribution is 2.40. The normalized spacial score (nSPS) is 15.0. The summed E-state index contributed by atoms with van der Waals surface area (Å²) in [5.41, 5.74) is 3.36. The lowest BCUT2D eigenvalue weighted by Crippen LogP contribution is -2.18. The lowest BCUT2D eigenvalue weighted by Gasteiger charge is -2.21. The Labute approximate surface area is 162 Å². The van der Waals surface area contributed by atoms with E-state index in [0.29, 0.717) is 16.7 Å². The van der Waals surface area contributed by atoms with Gasteiger partial charge in [-0.3, -0.25) is 0 Å². The number of benzene rings is 2. The third-order valence-corrected chi connectivity index (χ3v) is 5.23. The summed E-state index contributed by atoms with van der Waals surface area (Å²) < 4.78 is 11.8. The SMILES string of the molecule is CCCSc1nnc2c(n1)OC(c1ccccc1OC)Nc1ccccc1-2. The Hall–Kier alpha value is -2.80. The molecule has 1 N–H and O–H groups in total. The molecule has 1 aliphatic heterocycles. The fraction of sp³-hybridized carbons (Fsp3) is 0.250. The lowest BCUT2D eigenvalue weighted by atomic mass is 10.1. The van der Waals surface area contributed by atoms with Crippen LogP contribution in [0.2, 0.25) is 0 Å². The van der Waals surface area contributed by atoms with Crippen LogP contribution in [0.1, 0.15) is 25.1 Å². The molecule has 1 unspecified atom stereocenters. The van der Waals surface area contributed by atoms with Crippen molar-refractivity contribution in [1.29, 1.82) is 0 Å². The van der Waals surface area contributed by atoms with E-state index in [4.69, 9.17) is 9.47 Å². The molecular formula is C20H20N4O2S. The molecule has 3 aromatic rings. The third-order valence-electron chi connectivity index (χ3n) is 4.19. The smallest absolute Gasteiger partial charge is 0.247 e. The van der Waals surface area contributed by atoms with Gasteiger partial charge in [-0.25, -0.2) is 0 Å². The van der Waals surface area contributed by atoms with Gasteiger partial charge in [0.05, 0.1) is 12.7 Å². The first-order valence-electron chi connectivity index (χ1n) is 8.83. The molecule has 0 saturated heterocycles. The number of nitrogens with one attached hydrogen (secondary N) is 1. The molecule has 4 rings (SSSR count). The van der Waals surface area contributed by atoms with Crippen molar-refractivity contribution in [2.24, 2.45) is 0 Å². The number of anilines is 1. The first-order chi connectivity index (χ1) is 13.3. The summed E-state index contributed by atoms with van der Waals surface area (Å²) in [5.74, 6) is 2.15. The highest BCUT2D eigenvalue weighted by molar-refractivity contribution is 7.99. The van der Waals surface area contributed by atoms with Crippen LogP contribution in [0.4, 0.5) is 5.69 Å². The lowest BCUT2D eigenvalue weighted by molar-refractivity contribution is 0.220. The van der Waals surface area contributed by atoms with Crippen molar-refractivity contribution in [3.05, 3.63) is 54.1 Å². The van der Waals surface area contributed by atoms with Crippen molar-refractivity contribution in [2.75, 3.05) is 18.2 Å². The predicted octanol–water partition coefficient (Wildman–Crippen LogP) is 4.55. The van der Waals surface area contributed by atoms with Crippen LogP contribution in [0.15, 0.2) is 53.7 Å². The van der Waals surface area contributed by atoms with Gasteiger partial charge in [0, 0.05) is 17.0 Å². The maximum atomic E-state index is 6.27. The summed E-state index contributed by atoms with van der Waals surface area (Å²) in [7, 11) is 1.65. The number of fused-ring (bicyclic) bond motifs is 3. The highest BCUT2D eigenvalue weighted by atomic mass is 32.2. The van der Waals surface area contributed by atoms with E-state index >= 15 is 0 Å². The van der Waals surface area contributed by atoms with Crippen LogP contribution in [0.25, 0.3) is 11.3 Å². The van der Waals surface area contributed by atoms with Crippen molar-refractivity contribution in [3.63, 3.8) is 0 Å². The Bertz CT molecular complexity index is 951. The first kappa shape index (κ1) is 17.6. The van der Waals surface area contributed by atoms with Crippen LogP contribution in [0.3, 0.4) is 0 Å². The van der Waals surface area contributed by atoms with Gasteiger partial charge < -0.3 is 14.8 Å². The zero-order chi connectivity index (χ0) is 18.6. The Morgan fingerprint density at radius 1 is 1.11 bits per heavy atom. The Morgan fingerprint density at radius 3 is 2.78 bits per heavy atom. The maximum Gasteiger partial charge on any atom is 0.247 e. The van der Waals surface area contributed by atoms with E-state index < -0.39 is 6.23 Å². The molecule has 0 radical (unpaired) electrons. The zero-order valence-electron chi connectivity index (χ0n) is 15.2. The van der Waals surface area contributed by atoms with Gasteiger partial charge in [0.15, 0.2) is 5.69 Å². The summed E-state index contributed by atoms with van der Waals surface area (Å²) in [4.78, 5) is 4.63. The largest absolute Gasteiger partial charge is 0.496 e. The van der Waals surface area contributed by atoms with Crippen LogP contribution in [0, 0.1) is 0 Å². The van der Waals surface area contributed by atoms with Crippen molar-refractivity contribution in [3.8, 4) is 22.9 Å². The van der Waals surface area contributed by atoms with Crippen molar-refractivity contribution in [2.45, 2.75) is 24.7 Å². The van der Waals surface area contributed by atoms with Gasteiger partial charge in [0.25, 0.3) is 0 Å². The Morgan fingerprint density at radius 2 is 1.93 bits per heavy atom. The summed E-state index contributed by atoms with van der Waals surface area (Å²) >= 11 is 1.58. The summed E-state index contributed by atoms with van der Waals surface area (Å²) in [6, 6.07) is 15.7. The molecule has 1 aliphatic rings. The molecule has 7 heteroatoms. The van der Waals surface area contributed by atoms with E-state index in [9.17, 15) is 0 Å². The molecule has 27 heavy (non-hydrogen) atoms. The third kappa shape index (κ3) is 3.55. The van der Waals surface area contributed by atoms with E-state index in [-0.39, 0.29) is 0 Å². The molecule has 138 valence electrons. The minimum Gasteiger partial charge on any atom is -0.496 e. The average molecular weight is 380 g/mol. The van der Waals surface area contributed by atoms with E-state index in [1.165, 1.54) is 0 Å². The minimum atomic E-state index is -0.454. The quantitative estimate of drug-likeness (QED) is 0.651. The van der Waals surface area contributed by atoms with Gasteiger partial charge in [-0.05, 0) is 24.6 Å². The number of methoxy groups -OCH3 is 1. The second-order valence-corrected chi connectivity index (χ2v) is 7.09. The van der Waals surface area contributed by atoms with Crippen molar-refractivity contribution >= 4 is 17.4 Å². The van der Waals surface area contributed by atoms with Crippen molar-refractivity contribution in [1.82, 2.24) is 15.2 Å². The predicted molar refractivity (Wildman–Crippen MR) is 106 cm³/mol. The monoisotopic (exact) mass is 380 g/mol. The number of thioether (sulfide) groups is 1. The average Bonchev–Trinajstić information content (AvgIpc) is 2.88. The summed E-state index contributed by atoms with van der Waals surface area (Å²) in [5, 5.41) is 12.7. The van der Waals surface area contributed by atoms with Crippen molar-refractivity contribution < 1.29 is 9.47 Å². The molecule has 1 aromatic heterocycles. The van der Waals surface area contributed by atoms with Gasteiger partial charge in [0.1, 0.15) is 5.75 Å². The molecule has 0 amide bonds. The van der Waals surface area contributed by atoms with Crippen LogP contribution in [-0.4, -0.2) is 28.0 Å². The van der Waals surface area contributed by atoms with Crippen LogP contribution < -0.4 is 14.8 Å². The molecule has 0 aliphatic carbocycles. The van der Waals surface area contributed by atoms with E-state index in [2.05, 4.69) is 27.4 Å². The molecular weight excluding hydrogens is 360 g/mol. The van der Waals surface area contributed by atoms with E-state index in [0.717, 1.165) is 34.7 Å². The summed E-state index contributed by atoms with van der Waals surface area (Å²) in [6.45, 7) is 2.12. The number of hydrogen-bond acceptors (Lipinski definition) is 7. The van der Waals surface area contributed by atoms with Crippen LogP contribution >= 0.6 is 11.8 Å². The van der Waals surface area contributed by atoms with E-state index in [1.807, 2.05) is 48.5 Å². The van der Waals surface area contributed by atoms with Gasteiger partial charge in [0.2, 0.25) is 17.3 Å². The van der Waals surface area contributed by atoms with Gasteiger partial charge in [-0.2, -0.15) is 4.98 Å². The number of aromatic nitrogens is 3. The van der Waals surface area contributed by atoms with Gasteiger partial charge in [-0.15, -0.1) is 10.2 Å². The minimum absolute atomic E-state index is 0.454. The number of hydrogen-bond donors (Lipinski definition) is 1. The van der Waals surface area contributed by atoms with Gasteiger partial charge >= 0.3 is 0 Å². The summed E-state index contributed by atoms with van der Waals surface area (Å²) in [6.07, 6.45) is 0.587. The standard InChI is InChI=1S/C20H20N4O2S/c1-3-12-27-20-22-19-17(23-24-20)13-8-4-6-10-15(13)21-18(26-19)14-9-5-7-11-16(14)25-2/h4-11,18,21H,3,12H2,1-2H3. The number of ether oxygens (including phenoxy) is 2. The molecule has 0 fully saturated rings. The number of rotatable bonds is 5. The Balaban J connectivity index is 1.81. The number of para-hydroxylation sites is 2. The van der Waals surface area contributed by atoms with Crippen LogP contribution in [-0.2, 0) is 0 Å². The van der Waals surface area contributed by atoms with Gasteiger partial charge in [-0.1, -0.05) is 49.0 Å². The molecule has 0 bridgehead atoms. The Kier molecular flexibility index (Phi) is 5.11. The second kappa shape index (κ2) is 7.84. The highest BCUT2D eigenvalue weighted by Gasteiger charge is 2.27. The topological polar surface area (TPSA) is 69.2 Å². The molecule has 2 heterocycles. The fourth-order valence-electron chi connectivity index (χ4n) is 2.93. The second-order valence-electron chi connectivity index (χ2n) is 6.03. The zero-order valence-corrected chi connectivity index (χ0v) is 16.0. The van der Waals surface area contributed by atoms with Crippen LogP contribution in [0.5, 0.6) is 11.6 Å². The maximum absolute atomic E-state index is 6.27. The molecule has 6 nitrogen and oxygen atoms in total. The number of nitrogens with zero attached hydrogens (tertiary/aromatic N) is 3.